The summed E-state index contributed by atoms with van der Waals surface area (Å²) >= 11 is 0. The van der Waals surface area contributed by atoms with Crippen molar-refractivity contribution in [2.24, 2.45) is 0 Å². The van der Waals surface area contributed by atoms with Crippen molar-refractivity contribution in [3.63, 3.8) is 0 Å². The molecule has 2 aromatic carbocycles. The molecule has 1 N–H and O–H groups in total. The molecule has 1 atom stereocenters. The molecule has 27 heavy (non-hydrogen) atoms. The lowest BCUT2D eigenvalue weighted by Gasteiger charge is -2.16. The lowest BCUT2D eigenvalue weighted by molar-refractivity contribution is -0.123. The number of benzene rings is 2. The van der Waals surface area contributed by atoms with Gasteiger partial charge in [-0.25, -0.2) is 0 Å². The SMILES string of the molecule is COc1cc(C(C)=O)ccc1OCC(=O)NC(C)c1ccc2c(c1)OCO2. The molecule has 0 aliphatic carbocycles. The van der Waals surface area contributed by atoms with Crippen LogP contribution in [0.3, 0.4) is 0 Å². The summed E-state index contributed by atoms with van der Waals surface area (Å²) in [6.45, 7) is 3.38. The molecular weight excluding hydrogens is 350 g/mol. The Morgan fingerprint density at radius 3 is 2.63 bits per heavy atom. The largest absolute Gasteiger partial charge is 0.493 e. The normalized spacial score (nSPS) is 13.0. The van der Waals surface area contributed by atoms with E-state index in [0.29, 0.717) is 28.6 Å². The molecule has 0 fully saturated rings. The van der Waals surface area contributed by atoms with Crippen LogP contribution >= 0.6 is 0 Å². The number of ether oxygens (including phenoxy) is 4. The van der Waals surface area contributed by atoms with Crippen molar-refractivity contribution < 1.29 is 28.5 Å². The van der Waals surface area contributed by atoms with Gasteiger partial charge in [-0.05, 0) is 49.7 Å². The highest BCUT2D eigenvalue weighted by Gasteiger charge is 2.17. The predicted molar refractivity (Wildman–Crippen MR) is 97.6 cm³/mol. The van der Waals surface area contributed by atoms with Gasteiger partial charge >= 0.3 is 0 Å². The Bertz CT molecular complexity index is 864. The molecular formula is C20H21NO6. The van der Waals surface area contributed by atoms with Crippen molar-refractivity contribution in [2.45, 2.75) is 19.9 Å². The topological polar surface area (TPSA) is 83.1 Å². The third-order valence-electron chi connectivity index (χ3n) is 4.20. The molecule has 1 heterocycles. The molecule has 1 aliphatic rings. The van der Waals surface area contributed by atoms with Gasteiger partial charge in [0.25, 0.3) is 5.91 Å². The number of nitrogens with one attached hydrogen (secondary N) is 1. The Kier molecular flexibility index (Phi) is 5.49. The Morgan fingerprint density at radius 1 is 1.11 bits per heavy atom. The average molecular weight is 371 g/mol. The Labute approximate surface area is 157 Å². The van der Waals surface area contributed by atoms with Crippen LogP contribution in [0.2, 0.25) is 0 Å². The van der Waals surface area contributed by atoms with Gasteiger partial charge in [0.15, 0.2) is 35.4 Å². The Morgan fingerprint density at radius 2 is 1.89 bits per heavy atom. The van der Waals surface area contributed by atoms with Gasteiger partial charge < -0.3 is 24.3 Å². The van der Waals surface area contributed by atoms with E-state index in [2.05, 4.69) is 5.32 Å². The number of methoxy groups -OCH3 is 1. The van der Waals surface area contributed by atoms with E-state index in [4.69, 9.17) is 18.9 Å². The number of rotatable bonds is 7. The molecule has 1 amide bonds. The Balaban J connectivity index is 1.59. The Hall–Kier alpha value is -3.22. The molecule has 7 heteroatoms. The maximum atomic E-state index is 12.2. The van der Waals surface area contributed by atoms with E-state index in [9.17, 15) is 9.59 Å². The number of Topliss-reactive ketones (excluding diaryl/α,β-unsaturated/α-hetero) is 1. The summed E-state index contributed by atoms with van der Waals surface area (Å²) in [5.41, 5.74) is 1.41. The van der Waals surface area contributed by atoms with E-state index in [-0.39, 0.29) is 31.1 Å². The molecule has 0 bridgehead atoms. The fraction of sp³-hybridized carbons (Fsp3) is 0.300. The first-order valence-electron chi connectivity index (χ1n) is 8.48. The average Bonchev–Trinajstić information content (AvgIpc) is 3.13. The summed E-state index contributed by atoms with van der Waals surface area (Å²) in [5, 5.41) is 2.87. The maximum absolute atomic E-state index is 12.2. The van der Waals surface area contributed by atoms with Crippen LogP contribution in [0, 0.1) is 0 Å². The maximum Gasteiger partial charge on any atom is 0.258 e. The molecule has 1 aliphatic heterocycles. The van der Waals surface area contributed by atoms with Crippen molar-refractivity contribution in [1.82, 2.24) is 5.32 Å². The summed E-state index contributed by atoms with van der Waals surface area (Å²) < 4.78 is 21.4. The van der Waals surface area contributed by atoms with Gasteiger partial charge in [-0.2, -0.15) is 0 Å². The van der Waals surface area contributed by atoms with Crippen LogP contribution in [0.25, 0.3) is 0 Å². The van der Waals surface area contributed by atoms with Gasteiger partial charge in [0, 0.05) is 5.56 Å². The van der Waals surface area contributed by atoms with Crippen LogP contribution in [-0.4, -0.2) is 32.2 Å². The zero-order valence-electron chi connectivity index (χ0n) is 15.4. The van der Waals surface area contributed by atoms with E-state index < -0.39 is 0 Å². The summed E-state index contributed by atoms with van der Waals surface area (Å²) in [7, 11) is 1.48. The van der Waals surface area contributed by atoms with Gasteiger partial charge in [0.05, 0.1) is 13.2 Å². The van der Waals surface area contributed by atoms with Gasteiger partial charge in [-0.3, -0.25) is 9.59 Å². The third kappa shape index (κ3) is 4.31. The predicted octanol–water partition coefficient (Wildman–Crippen LogP) is 2.88. The first-order chi connectivity index (χ1) is 13.0. The van der Waals surface area contributed by atoms with E-state index in [1.165, 1.54) is 14.0 Å². The number of amides is 1. The van der Waals surface area contributed by atoms with Crippen molar-refractivity contribution in [3.8, 4) is 23.0 Å². The van der Waals surface area contributed by atoms with Crippen molar-refractivity contribution in [1.29, 1.82) is 0 Å². The standard InChI is InChI=1S/C20H21NO6/c1-12(14-4-6-17-19(8-14)27-11-26-17)21-20(23)10-25-16-7-5-15(13(2)22)9-18(16)24-3/h4-9,12H,10-11H2,1-3H3,(H,21,23). The highest BCUT2D eigenvalue weighted by molar-refractivity contribution is 5.94. The zero-order valence-corrected chi connectivity index (χ0v) is 15.4. The minimum Gasteiger partial charge on any atom is -0.493 e. The van der Waals surface area contributed by atoms with Gasteiger partial charge in [-0.15, -0.1) is 0 Å². The molecule has 1 unspecified atom stereocenters. The van der Waals surface area contributed by atoms with E-state index in [1.54, 1.807) is 18.2 Å². The minimum atomic E-state index is -0.280. The second-order valence-corrected chi connectivity index (χ2v) is 6.11. The van der Waals surface area contributed by atoms with Crippen LogP contribution in [0.15, 0.2) is 36.4 Å². The summed E-state index contributed by atoms with van der Waals surface area (Å²) in [5.74, 6) is 1.81. The summed E-state index contributed by atoms with van der Waals surface area (Å²) in [4.78, 5) is 23.7. The smallest absolute Gasteiger partial charge is 0.258 e. The van der Waals surface area contributed by atoms with Crippen LogP contribution in [0.5, 0.6) is 23.0 Å². The highest BCUT2D eigenvalue weighted by Crippen LogP contribution is 2.34. The van der Waals surface area contributed by atoms with Crippen LogP contribution in [0.1, 0.15) is 35.8 Å². The lowest BCUT2D eigenvalue weighted by Crippen LogP contribution is -2.31. The second-order valence-electron chi connectivity index (χ2n) is 6.11. The van der Waals surface area contributed by atoms with E-state index >= 15 is 0 Å². The molecule has 142 valence electrons. The van der Waals surface area contributed by atoms with Crippen LogP contribution in [0.4, 0.5) is 0 Å². The number of carbonyl (C=O) groups is 2. The van der Waals surface area contributed by atoms with Gasteiger partial charge in [-0.1, -0.05) is 6.07 Å². The molecule has 0 radical (unpaired) electrons. The van der Waals surface area contributed by atoms with Crippen LogP contribution < -0.4 is 24.3 Å². The fourth-order valence-corrected chi connectivity index (χ4v) is 2.70. The summed E-state index contributed by atoms with van der Waals surface area (Å²) in [6, 6.07) is 10.2. The monoisotopic (exact) mass is 371 g/mol. The molecule has 2 aromatic rings. The molecule has 0 spiro atoms. The molecule has 3 rings (SSSR count). The molecule has 7 nitrogen and oxygen atoms in total. The lowest BCUT2D eigenvalue weighted by atomic mass is 10.1. The fourth-order valence-electron chi connectivity index (χ4n) is 2.70. The highest BCUT2D eigenvalue weighted by atomic mass is 16.7. The number of carbonyl (C=O) groups excluding carboxylic acids is 2. The second kappa shape index (κ2) is 7.99. The van der Waals surface area contributed by atoms with Gasteiger partial charge in [0.1, 0.15) is 0 Å². The zero-order chi connectivity index (χ0) is 19.4. The first kappa shape index (κ1) is 18.6. The molecule has 0 aromatic heterocycles. The molecule has 0 saturated heterocycles. The summed E-state index contributed by atoms with van der Waals surface area (Å²) in [6.07, 6.45) is 0. The minimum absolute atomic E-state index is 0.0739. The van der Waals surface area contributed by atoms with Crippen LogP contribution in [-0.2, 0) is 4.79 Å². The van der Waals surface area contributed by atoms with E-state index in [0.717, 1.165) is 5.56 Å². The number of hydrogen-bond acceptors (Lipinski definition) is 6. The van der Waals surface area contributed by atoms with Crippen molar-refractivity contribution in [3.05, 3.63) is 47.5 Å². The number of fused-ring (bicyclic) bond motifs is 1. The number of hydrogen-bond donors (Lipinski definition) is 1. The van der Waals surface area contributed by atoms with Gasteiger partial charge in [0.2, 0.25) is 6.79 Å². The quantitative estimate of drug-likeness (QED) is 0.754. The van der Waals surface area contributed by atoms with Crippen molar-refractivity contribution >= 4 is 11.7 Å². The number of ketones is 1. The first-order valence-corrected chi connectivity index (χ1v) is 8.48. The molecule has 0 saturated carbocycles. The van der Waals surface area contributed by atoms with E-state index in [1.807, 2.05) is 25.1 Å². The third-order valence-corrected chi connectivity index (χ3v) is 4.20. The van der Waals surface area contributed by atoms with Crippen molar-refractivity contribution in [2.75, 3.05) is 20.5 Å².